The molecule has 1 aromatic rings. The summed E-state index contributed by atoms with van der Waals surface area (Å²) in [5.41, 5.74) is 0.0697. The van der Waals surface area contributed by atoms with E-state index in [0.29, 0.717) is 12.8 Å². The van der Waals surface area contributed by atoms with Crippen molar-refractivity contribution in [2.45, 2.75) is 25.7 Å². The van der Waals surface area contributed by atoms with E-state index in [1.54, 1.807) is 0 Å². The second-order valence-electron chi connectivity index (χ2n) is 3.73. The molecule has 0 saturated carbocycles. The molecule has 0 amide bonds. The zero-order chi connectivity index (χ0) is 12.8. The van der Waals surface area contributed by atoms with Gasteiger partial charge in [-0.15, -0.1) is 0 Å². The molecule has 0 heterocycles. The third kappa shape index (κ3) is 4.14. The lowest BCUT2D eigenvalue weighted by Gasteiger charge is -2.04. The molecule has 92 valence electrons. The molecule has 0 spiro atoms. The second-order valence-corrected chi connectivity index (χ2v) is 3.73. The van der Waals surface area contributed by atoms with Crippen LogP contribution in [0.15, 0.2) is 18.2 Å². The van der Waals surface area contributed by atoms with Crippen LogP contribution in [-0.2, 0) is 4.79 Å². The number of phenols is 2. The van der Waals surface area contributed by atoms with Crippen molar-refractivity contribution in [1.29, 1.82) is 0 Å². The third-order valence-electron chi connectivity index (χ3n) is 2.33. The number of benzene rings is 1. The Hall–Kier alpha value is -2.04. The Labute approximate surface area is 98.3 Å². The van der Waals surface area contributed by atoms with Crippen LogP contribution in [0, 0.1) is 0 Å². The maximum atomic E-state index is 11.6. The molecule has 5 nitrogen and oxygen atoms in total. The van der Waals surface area contributed by atoms with E-state index in [1.165, 1.54) is 18.2 Å². The molecule has 0 radical (unpaired) electrons. The topological polar surface area (TPSA) is 94.8 Å². The number of ketones is 1. The van der Waals surface area contributed by atoms with Crippen molar-refractivity contribution in [2.75, 3.05) is 0 Å². The number of hydrogen-bond acceptors (Lipinski definition) is 4. The van der Waals surface area contributed by atoms with E-state index in [1.807, 2.05) is 0 Å². The fraction of sp³-hybridized carbons (Fsp3) is 0.333. The quantitative estimate of drug-likeness (QED) is 0.400. The van der Waals surface area contributed by atoms with Gasteiger partial charge in [0.2, 0.25) is 0 Å². The van der Waals surface area contributed by atoms with Gasteiger partial charge in [0.1, 0.15) is 11.5 Å². The van der Waals surface area contributed by atoms with E-state index < -0.39 is 5.97 Å². The van der Waals surface area contributed by atoms with Gasteiger partial charge in [-0.2, -0.15) is 0 Å². The van der Waals surface area contributed by atoms with Crippen molar-refractivity contribution < 1.29 is 24.9 Å². The van der Waals surface area contributed by atoms with Crippen molar-refractivity contribution in [2.24, 2.45) is 0 Å². The smallest absolute Gasteiger partial charge is 0.303 e. The zero-order valence-corrected chi connectivity index (χ0v) is 9.22. The number of carbonyl (C=O) groups excluding carboxylic acids is 1. The van der Waals surface area contributed by atoms with Gasteiger partial charge in [0.25, 0.3) is 0 Å². The van der Waals surface area contributed by atoms with Gasteiger partial charge in [-0.05, 0) is 31.0 Å². The van der Waals surface area contributed by atoms with Crippen LogP contribution in [0.3, 0.4) is 0 Å². The predicted molar refractivity (Wildman–Crippen MR) is 60.2 cm³/mol. The van der Waals surface area contributed by atoms with Crippen molar-refractivity contribution in [3.05, 3.63) is 23.8 Å². The third-order valence-corrected chi connectivity index (χ3v) is 2.33. The summed E-state index contributed by atoms with van der Waals surface area (Å²) in [5.74, 6) is -1.45. The summed E-state index contributed by atoms with van der Waals surface area (Å²) in [4.78, 5) is 21.9. The molecule has 0 aliphatic rings. The highest BCUT2D eigenvalue weighted by Crippen LogP contribution is 2.23. The van der Waals surface area contributed by atoms with Gasteiger partial charge in [0.05, 0.1) is 5.56 Å². The minimum absolute atomic E-state index is 0.0271. The number of aliphatic carboxylic acids is 1. The molecule has 0 saturated heterocycles. The van der Waals surface area contributed by atoms with E-state index >= 15 is 0 Å². The van der Waals surface area contributed by atoms with Crippen LogP contribution in [0.1, 0.15) is 36.0 Å². The summed E-state index contributed by atoms with van der Waals surface area (Å²) >= 11 is 0. The summed E-state index contributed by atoms with van der Waals surface area (Å²) in [6.07, 6.45) is 1.05. The number of carbonyl (C=O) groups is 2. The Kier molecular flexibility index (Phi) is 4.51. The van der Waals surface area contributed by atoms with Gasteiger partial charge in [-0.3, -0.25) is 9.59 Å². The Balaban J connectivity index is 2.52. The van der Waals surface area contributed by atoms with Gasteiger partial charge in [0.15, 0.2) is 5.78 Å². The van der Waals surface area contributed by atoms with Gasteiger partial charge in [-0.1, -0.05) is 0 Å². The molecule has 3 N–H and O–H groups in total. The Morgan fingerprint density at radius 3 is 2.35 bits per heavy atom. The van der Waals surface area contributed by atoms with Gasteiger partial charge in [0, 0.05) is 12.8 Å². The molecule has 1 rings (SSSR count). The van der Waals surface area contributed by atoms with E-state index in [0.717, 1.165) is 0 Å². The van der Waals surface area contributed by atoms with Crippen molar-refractivity contribution >= 4 is 11.8 Å². The summed E-state index contributed by atoms with van der Waals surface area (Å²) in [5, 5.41) is 27.0. The number of unbranched alkanes of at least 4 members (excludes halogenated alkanes) is 1. The molecular formula is C12H14O5. The fourth-order valence-corrected chi connectivity index (χ4v) is 1.44. The highest BCUT2D eigenvalue weighted by molar-refractivity contribution is 5.98. The monoisotopic (exact) mass is 238 g/mol. The Bertz CT molecular complexity index is 425. The van der Waals surface area contributed by atoms with Crippen LogP contribution in [0.5, 0.6) is 11.5 Å². The van der Waals surface area contributed by atoms with Gasteiger partial charge >= 0.3 is 5.97 Å². The number of phenolic OH excluding ortho intramolecular Hbond substituents is 2. The van der Waals surface area contributed by atoms with Crippen LogP contribution >= 0.6 is 0 Å². The van der Waals surface area contributed by atoms with Crippen molar-refractivity contribution in [3.8, 4) is 11.5 Å². The normalized spacial score (nSPS) is 10.1. The average Bonchev–Trinajstić information content (AvgIpc) is 2.27. The minimum atomic E-state index is -0.891. The fourth-order valence-electron chi connectivity index (χ4n) is 1.44. The maximum Gasteiger partial charge on any atom is 0.303 e. The van der Waals surface area contributed by atoms with E-state index in [4.69, 9.17) is 5.11 Å². The Morgan fingerprint density at radius 1 is 1.06 bits per heavy atom. The van der Waals surface area contributed by atoms with Crippen LogP contribution in [0.4, 0.5) is 0 Å². The number of carboxylic acids is 1. The molecule has 5 heteroatoms. The molecule has 17 heavy (non-hydrogen) atoms. The number of aromatic hydroxyl groups is 2. The molecule has 1 aromatic carbocycles. The first-order chi connectivity index (χ1) is 8.00. The first-order valence-electron chi connectivity index (χ1n) is 5.27. The molecule has 0 atom stereocenters. The molecule has 0 bridgehead atoms. The van der Waals surface area contributed by atoms with Crippen LogP contribution in [0.2, 0.25) is 0 Å². The maximum absolute atomic E-state index is 11.6. The van der Waals surface area contributed by atoms with E-state index in [2.05, 4.69) is 0 Å². The van der Waals surface area contributed by atoms with Crippen LogP contribution in [-0.4, -0.2) is 27.1 Å². The number of rotatable bonds is 6. The van der Waals surface area contributed by atoms with E-state index in [9.17, 15) is 19.8 Å². The summed E-state index contributed by atoms with van der Waals surface area (Å²) in [6, 6.07) is 3.74. The number of carboxylic acid groups (broad SMARTS) is 1. The lowest BCUT2D eigenvalue weighted by Crippen LogP contribution is -2.00. The SMILES string of the molecule is O=C(O)CCCCC(=O)c1cc(O)ccc1O. The molecule has 0 aromatic heterocycles. The molecular weight excluding hydrogens is 224 g/mol. The lowest BCUT2D eigenvalue weighted by molar-refractivity contribution is -0.137. The first kappa shape index (κ1) is 13.0. The standard InChI is InChI=1S/C12H14O5/c13-8-5-6-11(15)9(7-8)10(14)3-1-2-4-12(16)17/h5-7,13,15H,1-4H2,(H,16,17). The molecule has 0 fully saturated rings. The summed E-state index contributed by atoms with van der Waals surface area (Å²) < 4.78 is 0. The number of hydrogen-bond donors (Lipinski definition) is 3. The summed E-state index contributed by atoms with van der Waals surface area (Å²) in [6.45, 7) is 0. The van der Waals surface area contributed by atoms with Crippen LogP contribution in [0.25, 0.3) is 0 Å². The van der Waals surface area contributed by atoms with Gasteiger partial charge < -0.3 is 15.3 Å². The van der Waals surface area contributed by atoms with Gasteiger partial charge in [-0.25, -0.2) is 0 Å². The highest BCUT2D eigenvalue weighted by Gasteiger charge is 2.11. The molecule has 0 unspecified atom stereocenters. The van der Waals surface area contributed by atoms with Crippen molar-refractivity contribution in [1.82, 2.24) is 0 Å². The summed E-state index contributed by atoms with van der Waals surface area (Å²) in [7, 11) is 0. The van der Waals surface area contributed by atoms with E-state index in [-0.39, 0.29) is 35.7 Å². The molecule has 0 aliphatic heterocycles. The zero-order valence-electron chi connectivity index (χ0n) is 9.22. The second kappa shape index (κ2) is 5.89. The first-order valence-corrected chi connectivity index (χ1v) is 5.27. The Morgan fingerprint density at radius 2 is 1.71 bits per heavy atom. The predicted octanol–water partition coefficient (Wildman–Crippen LogP) is 1.93. The highest BCUT2D eigenvalue weighted by atomic mass is 16.4. The molecule has 0 aliphatic carbocycles. The minimum Gasteiger partial charge on any atom is -0.508 e. The average molecular weight is 238 g/mol. The van der Waals surface area contributed by atoms with Crippen LogP contribution < -0.4 is 0 Å². The number of Topliss-reactive ketones (excluding diaryl/α,β-unsaturated/α-hetero) is 1. The lowest BCUT2D eigenvalue weighted by atomic mass is 10.0. The van der Waals surface area contributed by atoms with Crippen molar-refractivity contribution in [3.63, 3.8) is 0 Å². The largest absolute Gasteiger partial charge is 0.508 e.